The van der Waals surface area contributed by atoms with Crippen LogP contribution in [0.4, 0.5) is 0 Å². The van der Waals surface area contributed by atoms with E-state index in [-0.39, 0.29) is 11.2 Å². The molecule has 0 N–H and O–H groups in total. The van der Waals surface area contributed by atoms with E-state index in [1.54, 1.807) is 0 Å². The van der Waals surface area contributed by atoms with Gasteiger partial charge in [-0.1, -0.05) is 6.08 Å². The maximum absolute atomic E-state index is 10.3. The van der Waals surface area contributed by atoms with E-state index in [9.17, 15) is 4.79 Å². The number of ether oxygens (including phenoxy) is 2. The molecule has 0 spiro atoms. The fourth-order valence-electron chi connectivity index (χ4n) is 1.90. The van der Waals surface area contributed by atoms with Gasteiger partial charge < -0.3 is 14.3 Å². The van der Waals surface area contributed by atoms with Gasteiger partial charge in [0, 0.05) is 13.0 Å². The lowest BCUT2D eigenvalue weighted by Crippen LogP contribution is -2.31. The third-order valence-electron chi connectivity index (χ3n) is 3.34. The van der Waals surface area contributed by atoms with Gasteiger partial charge in [-0.3, -0.25) is 0 Å². The number of hydrogen-bond acceptors (Lipinski definition) is 3. The van der Waals surface area contributed by atoms with Gasteiger partial charge in [-0.25, -0.2) is 0 Å². The summed E-state index contributed by atoms with van der Waals surface area (Å²) in [5, 5.41) is 0. The van der Waals surface area contributed by atoms with Crippen molar-refractivity contribution in [1.29, 1.82) is 0 Å². The van der Waals surface area contributed by atoms with E-state index in [1.165, 1.54) is 0 Å². The Hall–Kier alpha value is -0.670. The number of rotatable bonds is 13. The van der Waals surface area contributed by atoms with Crippen LogP contribution in [0.25, 0.3) is 0 Å². The van der Waals surface area contributed by atoms with Crippen molar-refractivity contribution in [3.8, 4) is 0 Å². The molecule has 0 aliphatic rings. The molecule has 0 saturated heterocycles. The molecule has 0 aromatic carbocycles. The molecule has 0 aromatic heterocycles. The molecule has 0 aromatic rings. The number of unbranched alkanes of at least 4 members (excludes halogenated alkanes) is 2. The van der Waals surface area contributed by atoms with Crippen LogP contribution < -0.4 is 0 Å². The summed E-state index contributed by atoms with van der Waals surface area (Å²) in [7, 11) is 0. The minimum atomic E-state index is -0.165. The maximum Gasteiger partial charge on any atom is 0.119 e. The summed E-state index contributed by atoms with van der Waals surface area (Å²) < 4.78 is 11.8. The molecule has 0 radical (unpaired) electrons. The molecule has 20 heavy (non-hydrogen) atoms. The zero-order valence-electron chi connectivity index (χ0n) is 13.7. The van der Waals surface area contributed by atoms with E-state index in [2.05, 4.69) is 34.3 Å². The molecular weight excluding hydrogens is 252 g/mol. The van der Waals surface area contributed by atoms with Gasteiger partial charge in [0.1, 0.15) is 6.29 Å². The van der Waals surface area contributed by atoms with Crippen molar-refractivity contribution in [3.63, 3.8) is 0 Å². The van der Waals surface area contributed by atoms with Gasteiger partial charge in [0.2, 0.25) is 0 Å². The normalized spacial score (nSPS) is 12.4. The smallest absolute Gasteiger partial charge is 0.119 e. The standard InChI is InChI=1S/C17H32O3/c1-6-7-10-14-19-17(4,5)12-15-20-16(2,3)11-8-9-13-18/h6,13H,1,7-12,14-15H2,2-5H3. The predicted molar refractivity (Wildman–Crippen MR) is 84.0 cm³/mol. The molecule has 3 heteroatoms. The summed E-state index contributed by atoms with van der Waals surface area (Å²) in [4.78, 5) is 10.3. The predicted octanol–water partition coefficient (Wildman–Crippen LogP) is 4.30. The molecule has 118 valence electrons. The van der Waals surface area contributed by atoms with Crippen molar-refractivity contribution in [2.24, 2.45) is 0 Å². The van der Waals surface area contributed by atoms with Crippen LogP contribution in [0.15, 0.2) is 12.7 Å². The summed E-state index contributed by atoms with van der Waals surface area (Å²) in [5.74, 6) is 0. The molecule has 0 fully saturated rings. The molecule has 0 bridgehead atoms. The largest absolute Gasteiger partial charge is 0.375 e. The lowest BCUT2D eigenvalue weighted by atomic mass is 10.0. The first-order valence-corrected chi connectivity index (χ1v) is 7.65. The minimum Gasteiger partial charge on any atom is -0.375 e. The zero-order valence-corrected chi connectivity index (χ0v) is 13.7. The molecule has 0 atom stereocenters. The van der Waals surface area contributed by atoms with Crippen molar-refractivity contribution >= 4 is 6.29 Å². The summed E-state index contributed by atoms with van der Waals surface area (Å²) in [6.45, 7) is 13.5. The fraction of sp³-hybridized carbons (Fsp3) is 0.824. The van der Waals surface area contributed by atoms with Gasteiger partial charge in [-0.05, 0) is 59.8 Å². The lowest BCUT2D eigenvalue weighted by Gasteiger charge is -2.29. The molecule has 0 aliphatic heterocycles. The Bertz CT molecular complexity index is 269. The zero-order chi connectivity index (χ0) is 15.5. The molecule has 0 rings (SSSR count). The third kappa shape index (κ3) is 11.2. The molecular formula is C17H32O3. The molecule has 0 aliphatic carbocycles. The Morgan fingerprint density at radius 1 is 0.900 bits per heavy atom. The first kappa shape index (κ1) is 19.3. The van der Waals surface area contributed by atoms with Crippen molar-refractivity contribution < 1.29 is 14.3 Å². The quantitative estimate of drug-likeness (QED) is 0.287. The topological polar surface area (TPSA) is 35.5 Å². The van der Waals surface area contributed by atoms with Crippen LogP contribution in [0.3, 0.4) is 0 Å². The van der Waals surface area contributed by atoms with E-state index < -0.39 is 0 Å². The van der Waals surface area contributed by atoms with Crippen LogP contribution in [0.1, 0.15) is 66.2 Å². The fourth-order valence-corrected chi connectivity index (χ4v) is 1.90. The van der Waals surface area contributed by atoms with E-state index in [0.717, 1.165) is 45.0 Å². The Morgan fingerprint density at radius 2 is 1.50 bits per heavy atom. The van der Waals surface area contributed by atoms with Crippen LogP contribution in [0.2, 0.25) is 0 Å². The summed E-state index contributed by atoms with van der Waals surface area (Å²) in [6.07, 6.45) is 8.19. The lowest BCUT2D eigenvalue weighted by molar-refractivity contribution is -0.108. The highest BCUT2D eigenvalue weighted by atomic mass is 16.5. The first-order chi connectivity index (χ1) is 9.33. The Kier molecular flexibility index (Phi) is 9.78. The number of hydrogen-bond donors (Lipinski definition) is 0. The van der Waals surface area contributed by atoms with Gasteiger partial charge in [-0.15, -0.1) is 6.58 Å². The van der Waals surface area contributed by atoms with Crippen molar-refractivity contribution in [1.82, 2.24) is 0 Å². The van der Waals surface area contributed by atoms with Crippen LogP contribution >= 0.6 is 0 Å². The van der Waals surface area contributed by atoms with Crippen molar-refractivity contribution in [2.45, 2.75) is 77.4 Å². The highest BCUT2D eigenvalue weighted by molar-refractivity contribution is 5.48. The average molecular weight is 284 g/mol. The van der Waals surface area contributed by atoms with Gasteiger partial charge in [0.05, 0.1) is 17.8 Å². The first-order valence-electron chi connectivity index (χ1n) is 7.65. The Labute approximate surface area is 124 Å². The van der Waals surface area contributed by atoms with Crippen LogP contribution in [0, 0.1) is 0 Å². The van der Waals surface area contributed by atoms with E-state index in [1.807, 2.05) is 6.08 Å². The average Bonchev–Trinajstić information content (AvgIpc) is 2.34. The van der Waals surface area contributed by atoms with Gasteiger partial charge in [0.15, 0.2) is 0 Å². The highest BCUT2D eigenvalue weighted by Gasteiger charge is 2.22. The molecule has 3 nitrogen and oxygen atoms in total. The van der Waals surface area contributed by atoms with Crippen molar-refractivity contribution in [3.05, 3.63) is 12.7 Å². The monoisotopic (exact) mass is 284 g/mol. The van der Waals surface area contributed by atoms with Gasteiger partial charge in [0.25, 0.3) is 0 Å². The van der Waals surface area contributed by atoms with Crippen molar-refractivity contribution in [2.75, 3.05) is 13.2 Å². The van der Waals surface area contributed by atoms with Crippen LogP contribution in [0.5, 0.6) is 0 Å². The third-order valence-corrected chi connectivity index (χ3v) is 3.34. The number of carbonyl (C=O) groups excluding carboxylic acids is 1. The second kappa shape index (κ2) is 10.1. The minimum absolute atomic E-state index is 0.153. The van der Waals surface area contributed by atoms with E-state index >= 15 is 0 Å². The molecule has 0 saturated carbocycles. The Balaban J connectivity index is 3.83. The number of aldehydes is 1. The second-order valence-electron chi connectivity index (χ2n) is 6.46. The summed E-state index contributed by atoms with van der Waals surface area (Å²) in [6, 6.07) is 0. The summed E-state index contributed by atoms with van der Waals surface area (Å²) >= 11 is 0. The molecule has 0 unspecified atom stereocenters. The molecule has 0 amide bonds. The molecule has 0 heterocycles. The maximum atomic E-state index is 10.3. The number of carbonyl (C=O) groups is 1. The van der Waals surface area contributed by atoms with Gasteiger partial charge in [-0.2, -0.15) is 0 Å². The summed E-state index contributed by atoms with van der Waals surface area (Å²) in [5.41, 5.74) is -0.317. The van der Waals surface area contributed by atoms with E-state index in [0.29, 0.717) is 13.0 Å². The SMILES string of the molecule is C=CCCCOC(C)(C)CCOC(C)(C)CCCC=O. The highest BCUT2D eigenvalue weighted by Crippen LogP contribution is 2.21. The Morgan fingerprint density at radius 3 is 2.10 bits per heavy atom. The number of allylic oxidation sites excluding steroid dienone is 1. The van der Waals surface area contributed by atoms with Crippen LogP contribution in [-0.4, -0.2) is 30.7 Å². The van der Waals surface area contributed by atoms with E-state index in [4.69, 9.17) is 9.47 Å². The second-order valence-corrected chi connectivity index (χ2v) is 6.46. The van der Waals surface area contributed by atoms with Gasteiger partial charge >= 0.3 is 0 Å². The van der Waals surface area contributed by atoms with Crippen LogP contribution in [-0.2, 0) is 14.3 Å².